The molecule has 23 heavy (non-hydrogen) atoms. The van der Waals surface area contributed by atoms with E-state index in [1.165, 1.54) is 50.2 Å². The van der Waals surface area contributed by atoms with Gasteiger partial charge in [-0.15, -0.1) is 0 Å². The summed E-state index contributed by atoms with van der Waals surface area (Å²) < 4.78 is 23.0. The zero-order chi connectivity index (χ0) is 17.0. The average molecular weight is 318 g/mol. The van der Waals surface area contributed by atoms with Crippen LogP contribution in [0.1, 0.15) is 22.8 Å². The van der Waals surface area contributed by atoms with Gasteiger partial charge in [-0.05, 0) is 43.3 Å². The maximum Gasteiger partial charge on any atom is 0.308 e. The van der Waals surface area contributed by atoms with Crippen LogP contribution in [0.25, 0.3) is 0 Å². The van der Waals surface area contributed by atoms with E-state index in [1.807, 2.05) is 0 Å². The molecule has 0 atom stereocenters. The molecular weight excluding hydrogens is 303 g/mol. The van der Waals surface area contributed by atoms with Crippen LogP contribution in [0.3, 0.4) is 0 Å². The number of hydrogen-bond acceptors (Lipinski definition) is 5. The molecule has 0 bridgehead atoms. The SMILES string of the molecule is CC(=O)Oc1ccc(C(=O)COc2ccc(F)cc2)c(O)c1C. The van der Waals surface area contributed by atoms with Crippen molar-refractivity contribution in [3.63, 3.8) is 0 Å². The zero-order valence-corrected chi connectivity index (χ0v) is 12.6. The third-order valence-electron chi connectivity index (χ3n) is 3.12. The summed E-state index contributed by atoms with van der Waals surface area (Å²) in [5.74, 6) is -1.12. The summed E-state index contributed by atoms with van der Waals surface area (Å²) in [7, 11) is 0. The zero-order valence-electron chi connectivity index (χ0n) is 12.6. The van der Waals surface area contributed by atoms with Gasteiger partial charge in [0.2, 0.25) is 5.78 Å². The number of ketones is 1. The van der Waals surface area contributed by atoms with E-state index in [0.717, 1.165) is 0 Å². The quantitative estimate of drug-likeness (QED) is 0.521. The van der Waals surface area contributed by atoms with Crippen molar-refractivity contribution >= 4 is 11.8 Å². The largest absolute Gasteiger partial charge is 0.507 e. The molecule has 0 saturated heterocycles. The number of hydrogen-bond donors (Lipinski definition) is 1. The molecule has 2 aromatic carbocycles. The van der Waals surface area contributed by atoms with Crippen LogP contribution in [0, 0.1) is 12.7 Å². The Hall–Kier alpha value is -2.89. The standard InChI is InChI=1S/C17H15FO5/c1-10-16(23-11(2)19)8-7-14(17(10)21)15(20)9-22-13-5-3-12(18)4-6-13/h3-8,21H,9H2,1-2H3. The van der Waals surface area contributed by atoms with E-state index in [1.54, 1.807) is 0 Å². The lowest BCUT2D eigenvalue weighted by atomic mass is 10.1. The molecule has 0 unspecified atom stereocenters. The molecule has 5 nitrogen and oxygen atoms in total. The van der Waals surface area contributed by atoms with Crippen molar-refractivity contribution < 1.29 is 28.6 Å². The first-order chi connectivity index (χ1) is 10.9. The second kappa shape index (κ2) is 6.91. The van der Waals surface area contributed by atoms with Gasteiger partial charge in [-0.2, -0.15) is 0 Å². The summed E-state index contributed by atoms with van der Waals surface area (Å²) in [5.41, 5.74) is 0.341. The maximum absolute atomic E-state index is 12.8. The second-order valence-electron chi connectivity index (χ2n) is 4.84. The number of ether oxygens (including phenoxy) is 2. The van der Waals surface area contributed by atoms with E-state index in [9.17, 15) is 19.1 Å². The lowest BCUT2D eigenvalue weighted by Gasteiger charge is -2.11. The number of rotatable bonds is 5. The van der Waals surface area contributed by atoms with Gasteiger partial charge in [0.05, 0.1) is 5.56 Å². The summed E-state index contributed by atoms with van der Waals surface area (Å²) in [6.07, 6.45) is 0. The number of carbonyl (C=O) groups excluding carboxylic acids is 2. The number of carbonyl (C=O) groups is 2. The van der Waals surface area contributed by atoms with E-state index in [0.29, 0.717) is 5.75 Å². The van der Waals surface area contributed by atoms with Gasteiger partial charge < -0.3 is 14.6 Å². The molecule has 0 amide bonds. The minimum absolute atomic E-state index is 0.0560. The van der Waals surface area contributed by atoms with Gasteiger partial charge in [0.25, 0.3) is 0 Å². The maximum atomic E-state index is 12.8. The van der Waals surface area contributed by atoms with Gasteiger partial charge in [-0.1, -0.05) is 0 Å². The Bertz CT molecular complexity index is 737. The molecule has 0 aliphatic carbocycles. The number of Topliss-reactive ketones (excluding diaryl/α,β-unsaturated/α-hetero) is 1. The summed E-state index contributed by atoms with van der Waals surface area (Å²) in [6.45, 7) is 2.46. The molecule has 0 spiro atoms. The molecule has 2 rings (SSSR count). The third-order valence-corrected chi connectivity index (χ3v) is 3.12. The minimum Gasteiger partial charge on any atom is -0.507 e. The molecule has 6 heteroatoms. The highest BCUT2D eigenvalue weighted by molar-refractivity contribution is 6.00. The van der Waals surface area contributed by atoms with Crippen LogP contribution in [0.2, 0.25) is 0 Å². The van der Waals surface area contributed by atoms with Gasteiger partial charge in [-0.3, -0.25) is 9.59 Å². The van der Waals surface area contributed by atoms with Crippen molar-refractivity contribution in [3.05, 3.63) is 53.3 Å². The van der Waals surface area contributed by atoms with Crippen LogP contribution in [0.4, 0.5) is 4.39 Å². The van der Waals surface area contributed by atoms with E-state index in [-0.39, 0.29) is 29.2 Å². The molecule has 0 aliphatic heterocycles. The van der Waals surface area contributed by atoms with Gasteiger partial charge in [0.1, 0.15) is 23.1 Å². The smallest absolute Gasteiger partial charge is 0.308 e. The second-order valence-corrected chi connectivity index (χ2v) is 4.84. The summed E-state index contributed by atoms with van der Waals surface area (Å²) >= 11 is 0. The average Bonchev–Trinajstić information content (AvgIpc) is 2.51. The van der Waals surface area contributed by atoms with Gasteiger partial charge in [0.15, 0.2) is 6.61 Å². The Morgan fingerprint density at radius 3 is 2.39 bits per heavy atom. The van der Waals surface area contributed by atoms with Gasteiger partial charge in [-0.25, -0.2) is 4.39 Å². The predicted octanol–water partition coefficient (Wildman–Crippen LogP) is 3.03. The first kappa shape index (κ1) is 16.5. The first-order valence-electron chi connectivity index (χ1n) is 6.81. The Labute approximate surface area is 132 Å². The lowest BCUT2D eigenvalue weighted by Crippen LogP contribution is -2.12. The molecule has 0 heterocycles. The molecule has 0 aliphatic rings. The normalized spacial score (nSPS) is 10.2. The van der Waals surface area contributed by atoms with E-state index < -0.39 is 17.6 Å². The Kier molecular flexibility index (Phi) is 4.95. The number of benzene rings is 2. The summed E-state index contributed by atoms with van der Waals surface area (Å²) in [4.78, 5) is 23.1. The van der Waals surface area contributed by atoms with Crippen LogP contribution in [0.15, 0.2) is 36.4 Å². The fraction of sp³-hybridized carbons (Fsp3) is 0.176. The highest BCUT2D eigenvalue weighted by Gasteiger charge is 2.17. The topological polar surface area (TPSA) is 72.8 Å². The number of phenolic OH excluding ortho intramolecular Hbond substituents is 1. The number of esters is 1. The Morgan fingerprint density at radius 1 is 1.13 bits per heavy atom. The van der Waals surface area contributed by atoms with Crippen molar-refractivity contribution in [2.45, 2.75) is 13.8 Å². The number of halogens is 1. The predicted molar refractivity (Wildman–Crippen MR) is 80.4 cm³/mol. The molecule has 120 valence electrons. The van der Waals surface area contributed by atoms with Gasteiger partial charge >= 0.3 is 5.97 Å². The molecule has 0 aromatic heterocycles. The molecule has 2 aromatic rings. The highest BCUT2D eigenvalue weighted by Crippen LogP contribution is 2.31. The number of aromatic hydroxyl groups is 1. The van der Waals surface area contributed by atoms with Gasteiger partial charge in [0, 0.05) is 12.5 Å². The monoisotopic (exact) mass is 318 g/mol. The summed E-state index contributed by atoms with van der Waals surface area (Å²) in [6, 6.07) is 8.03. The molecular formula is C17H15FO5. The van der Waals surface area contributed by atoms with Crippen molar-refractivity contribution in [1.82, 2.24) is 0 Å². The van der Waals surface area contributed by atoms with E-state index in [4.69, 9.17) is 9.47 Å². The first-order valence-corrected chi connectivity index (χ1v) is 6.81. The molecule has 0 radical (unpaired) electrons. The Balaban J connectivity index is 2.11. The molecule has 1 N–H and O–H groups in total. The number of phenols is 1. The van der Waals surface area contributed by atoms with Crippen LogP contribution in [-0.2, 0) is 4.79 Å². The van der Waals surface area contributed by atoms with Crippen LogP contribution < -0.4 is 9.47 Å². The van der Waals surface area contributed by atoms with Crippen molar-refractivity contribution in [3.8, 4) is 17.2 Å². The summed E-state index contributed by atoms with van der Waals surface area (Å²) in [5, 5.41) is 10.1. The minimum atomic E-state index is -0.522. The molecule has 0 fully saturated rings. The Morgan fingerprint density at radius 2 is 1.78 bits per heavy atom. The van der Waals surface area contributed by atoms with Crippen LogP contribution in [-0.4, -0.2) is 23.5 Å². The fourth-order valence-corrected chi connectivity index (χ4v) is 1.93. The van der Waals surface area contributed by atoms with E-state index in [2.05, 4.69) is 0 Å². The van der Waals surface area contributed by atoms with Crippen molar-refractivity contribution in [2.24, 2.45) is 0 Å². The fourth-order valence-electron chi connectivity index (χ4n) is 1.93. The van der Waals surface area contributed by atoms with Crippen molar-refractivity contribution in [1.29, 1.82) is 0 Å². The van der Waals surface area contributed by atoms with E-state index >= 15 is 0 Å². The lowest BCUT2D eigenvalue weighted by molar-refractivity contribution is -0.131. The van der Waals surface area contributed by atoms with Crippen LogP contribution >= 0.6 is 0 Å². The van der Waals surface area contributed by atoms with Crippen LogP contribution in [0.5, 0.6) is 17.2 Å². The third kappa shape index (κ3) is 4.06. The van der Waals surface area contributed by atoms with Crippen molar-refractivity contribution in [2.75, 3.05) is 6.61 Å². The molecule has 0 saturated carbocycles. The highest BCUT2D eigenvalue weighted by atomic mass is 19.1.